The van der Waals surface area contributed by atoms with Crippen molar-refractivity contribution in [1.82, 2.24) is 3.97 Å². The number of aryl methyl sites for hydroxylation is 1. The van der Waals surface area contributed by atoms with Crippen molar-refractivity contribution in [2.24, 2.45) is 7.05 Å². The Morgan fingerprint density at radius 1 is 0.806 bits per heavy atom. The summed E-state index contributed by atoms with van der Waals surface area (Å²) in [6.45, 7) is 0. The van der Waals surface area contributed by atoms with Crippen LogP contribution in [0.25, 0.3) is 22.4 Å². The Kier molecular flexibility index (Phi) is 6.45. The van der Waals surface area contributed by atoms with E-state index in [-0.39, 0.29) is 11.3 Å². The molecule has 170 valence electrons. The van der Waals surface area contributed by atoms with Gasteiger partial charge in [-0.2, -0.15) is 34.8 Å². The van der Waals surface area contributed by atoms with E-state index in [4.69, 9.17) is 13.0 Å². The van der Waals surface area contributed by atoms with E-state index in [1.54, 1.807) is 42.5 Å². The van der Waals surface area contributed by atoms with Gasteiger partial charge in [0.25, 0.3) is 0 Å². The van der Waals surface area contributed by atoms with Crippen LogP contribution in [0, 0.1) is 0 Å². The third kappa shape index (κ3) is 4.83. The van der Waals surface area contributed by atoms with Gasteiger partial charge in [-0.1, -0.05) is 30.3 Å². The second kappa shape index (κ2) is 8.12. The number of hydrogen-bond acceptors (Lipinski definition) is 5. The maximum Gasteiger partial charge on any atom is 0.537 e. The van der Waals surface area contributed by atoms with Crippen LogP contribution in [0.3, 0.4) is 0 Å². The van der Waals surface area contributed by atoms with Gasteiger partial charge >= 0.3 is 26.9 Å². The lowest BCUT2D eigenvalue weighted by molar-refractivity contribution is -0.633. The molecule has 0 radical (unpaired) electrons. The average molecular weight is 490 g/mol. The summed E-state index contributed by atoms with van der Waals surface area (Å²) < 4.78 is 124. The summed E-state index contributed by atoms with van der Waals surface area (Å²) in [5.74, 6) is -0.0517. The van der Waals surface area contributed by atoms with Crippen LogP contribution in [0.2, 0.25) is 0 Å². The highest BCUT2D eigenvalue weighted by atomic mass is 32.2. The number of rotatable bonds is 2. The lowest BCUT2D eigenvalue weighted by atomic mass is 10.2. The van der Waals surface area contributed by atoms with Crippen LogP contribution in [-0.4, -0.2) is 36.4 Å². The van der Waals surface area contributed by atoms with Crippen LogP contribution in [0.5, 0.6) is 0 Å². The topological polar surface area (TPSA) is 100 Å². The number of para-hydroxylation sites is 2. The van der Waals surface area contributed by atoms with Crippen molar-refractivity contribution >= 4 is 31.2 Å². The minimum Gasteiger partial charge on any atom is -0.741 e. The van der Waals surface area contributed by atoms with Gasteiger partial charge in [0.1, 0.15) is 0 Å². The van der Waals surface area contributed by atoms with Crippen LogP contribution in [-0.2, 0) is 27.2 Å². The molecule has 1 heterocycles. The van der Waals surface area contributed by atoms with Gasteiger partial charge in [-0.15, -0.1) is 3.97 Å². The molecule has 0 unspecified atom stereocenters. The molecule has 0 saturated carbocycles. The fourth-order valence-corrected chi connectivity index (χ4v) is 3.60. The van der Waals surface area contributed by atoms with E-state index in [1.165, 1.54) is 23.7 Å². The Morgan fingerprint density at radius 3 is 1.71 bits per heavy atom. The molecule has 31 heavy (non-hydrogen) atoms. The maximum atomic E-state index is 13.1. The monoisotopic (exact) mass is 490 g/mol. The maximum absolute atomic E-state index is 13.1. The number of hydrogen-bond donors (Lipinski definition) is 0. The zero-order chi connectivity index (χ0) is 23.8. The molecule has 0 aliphatic rings. The quantitative estimate of drug-likeness (QED) is 0.238. The Labute approximate surface area is 172 Å². The molecule has 0 amide bonds. The van der Waals surface area contributed by atoms with E-state index in [9.17, 15) is 34.8 Å². The van der Waals surface area contributed by atoms with E-state index in [0.717, 1.165) is 0 Å². The normalized spacial score (nSPS) is 13.0. The number of nitrogens with zero attached hydrogens (tertiary/aromatic N) is 2. The molecule has 3 aromatic rings. The van der Waals surface area contributed by atoms with Crippen molar-refractivity contribution in [3.63, 3.8) is 0 Å². The number of benzene rings is 2. The van der Waals surface area contributed by atoms with Crippen molar-refractivity contribution in [1.29, 1.82) is 0 Å². The van der Waals surface area contributed by atoms with Gasteiger partial charge in [0.2, 0.25) is 0 Å². The molecule has 7 nitrogen and oxygen atoms in total. The standard InChI is InChI=1S/C15H12F3N2O2S.CHF3O3S/c1-19-12-9-5-6-10-13(12)20(23(21,22)15(16,17)18)14(19)11-7-3-2-4-8-11;2-1(3,4)8(5,6)7/h2-10H,1H3;(H,5,6,7)/q+1;/p-1. The van der Waals surface area contributed by atoms with E-state index < -0.39 is 31.2 Å². The minimum absolute atomic E-state index is 0.0221. The summed E-state index contributed by atoms with van der Waals surface area (Å²) in [6, 6.07) is 14.2. The minimum atomic E-state index is -6.09. The van der Waals surface area contributed by atoms with E-state index in [0.29, 0.717) is 15.1 Å². The third-order valence-corrected chi connectivity index (χ3v) is 5.82. The summed E-state index contributed by atoms with van der Waals surface area (Å²) in [5, 5.41) is 0. The van der Waals surface area contributed by atoms with Crippen molar-refractivity contribution < 1.29 is 52.3 Å². The third-order valence-electron chi connectivity index (χ3n) is 3.82. The molecular formula is C16H12F6N2O5S2. The SMILES string of the molecule is C[n+]1c(-c2ccccc2)n(S(=O)(=O)C(F)(F)F)c2ccccc21.O=S(=O)([O-])C(F)(F)F. The second-order valence-electron chi connectivity index (χ2n) is 5.85. The van der Waals surface area contributed by atoms with Gasteiger partial charge in [0.05, 0.1) is 12.6 Å². The van der Waals surface area contributed by atoms with Gasteiger partial charge in [0, 0.05) is 0 Å². The number of fused-ring (bicyclic) bond motifs is 1. The zero-order valence-electron chi connectivity index (χ0n) is 15.2. The van der Waals surface area contributed by atoms with Crippen LogP contribution in [0.4, 0.5) is 26.3 Å². The molecule has 0 saturated heterocycles. The first kappa shape index (κ1) is 24.6. The van der Waals surface area contributed by atoms with E-state index >= 15 is 0 Å². The summed E-state index contributed by atoms with van der Waals surface area (Å²) in [7, 11) is -10.1. The highest BCUT2D eigenvalue weighted by Crippen LogP contribution is 2.32. The summed E-state index contributed by atoms with van der Waals surface area (Å²) in [5.41, 5.74) is -10.3. The summed E-state index contributed by atoms with van der Waals surface area (Å²) in [4.78, 5) is 0. The molecule has 15 heteroatoms. The molecule has 2 aromatic carbocycles. The Balaban J connectivity index is 0.000000366. The first-order valence-electron chi connectivity index (χ1n) is 7.89. The van der Waals surface area contributed by atoms with Crippen molar-refractivity contribution in [2.45, 2.75) is 11.0 Å². The Bertz CT molecular complexity index is 1300. The smallest absolute Gasteiger partial charge is 0.537 e. The van der Waals surface area contributed by atoms with Crippen LogP contribution >= 0.6 is 0 Å². The summed E-state index contributed by atoms with van der Waals surface area (Å²) in [6.07, 6.45) is 0. The van der Waals surface area contributed by atoms with Gasteiger partial charge in [-0.3, -0.25) is 0 Å². The fourth-order valence-electron chi connectivity index (χ4n) is 2.53. The first-order chi connectivity index (χ1) is 14.0. The van der Waals surface area contributed by atoms with E-state index in [1.807, 2.05) is 0 Å². The molecule has 3 rings (SSSR count). The molecule has 0 aliphatic carbocycles. The molecule has 1 aromatic heterocycles. The molecule has 0 bridgehead atoms. The average Bonchev–Trinajstić information content (AvgIpc) is 2.94. The highest BCUT2D eigenvalue weighted by Gasteiger charge is 2.54. The first-order valence-corrected chi connectivity index (χ1v) is 10.7. The Morgan fingerprint density at radius 2 is 1.26 bits per heavy atom. The van der Waals surface area contributed by atoms with Crippen LogP contribution in [0.15, 0.2) is 54.6 Å². The molecule has 0 fully saturated rings. The molecule has 0 aliphatic heterocycles. The predicted octanol–water partition coefficient (Wildman–Crippen LogP) is 2.88. The van der Waals surface area contributed by atoms with Crippen LogP contribution < -0.4 is 4.57 Å². The molecular weight excluding hydrogens is 478 g/mol. The molecule has 0 spiro atoms. The number of halogens is 6. The van der Waals surface area contributed by atoms with Crippen molar-refractivity contribution in [2.75, 3.05) is 0 Å². The van der Waals surface area contributed by atoms with Gasteiger partial charge in [-0.05, 0) is 24.3 Å². The van der Waals surface area contributed by atoms with Gasteiger partial charge in [-0.25, -0.2) is 13.0 Å². The highest BCUT2D eigenvalue weighted by molar-refractivity contribution is 7.91. The van der Waals surface area contributed by atoms with Crippen molar-refractivity contribution in [3.05, 3.63) is 54.6 Å². The fraction of sp³-hybridized carbons (Fsp3) is 0.188. The molecule has 0 atom stereocenters. The van der Waals surface area contributed by atoms with Gasteiger partial charge < -0.3 is 4.55 Å². The zero-order valence-corrected chi connectivity index (χ0v) is 16.8. The molecule has 0 N–H and O–H groups in total. The van der Waals surface area contributed by atoms with E-state index in [2.05, 4.69) is 0 Å². The lowest BCUT2D eigenvalue weighted by Crippen LogP contribution is -2.35. The number of imidazole rings is 1. The summed E-state index contributed by atoms with van der Waals surface area (Å²) >= 11 is 0. The second-order valence-corrected chi connectivity index (χ2v) is 9.00. The largest absolute Gasteiger partial charge is 0.741 e. The lowest BCUT2D eigenvalue weighted by Gasteiger charge is -2.08. The number of aromatic nitrogens is 2. The van der Waals surface area contributed by atoms with Crippen LogP contribution in [0.1, 0.15) is 0 Å². The number of alkyl halides is 6. The predicted molar refractivity (Wildman–Crippen MR) is 94.7 cm³/mol. The van der Waals surface area contributed by atoms with Crippen molar-refractivity contribution in [3.8, 4) is 11.4 Å². The Hall–Kier alpha value is -2.65. The van der Waals surface area contributed by atoms with Gasteiger partial charge in [0.15, 0.2) is 21.2 Å².